The van der Waals surface area contributed by atoms with E-state index in [-0.39, 0.29) is 18.4 Å². The number of fused-ring (bicyclic) bond motifs is 3. The maximum Gasteiger partial charge on any atom is 0.387 e. The minimum atomic E-state index is -3.02. The molecule has 4 aromatic rings. The third kappa shape index (κ3) is 4.71. The Morgan fingerprint density at radius 2 is 2.05 bits per heavy atom. The van der Waals surface area contributed by atoms with Crippen molar-refractivity contribution in [2.24, 2.45) is 0 Å². The van der Waals surface area contributed by atoms with E-state index in [2.05, 4.69) is 16.9 Å². The Labute approximate surface area is 212 Å². The standard InChI is InChI=1S/C27H25F2N5O3/c1-32(2)23-13-22(25-19(16-36)4-3-5-24(25)37-27(28)29)34-21-12-17(8-9-20(21)31-26(23)34)6-7-18-14-30-33(15-18)10-11-35/h3-5,8-9,12,14-16,22-23,27,35H,10-11,13H2,1-2H3. The summed E-state index contributed by atoms with van der Waals surface area (Å²) >= 11 is 0. The zero-order valence-corrected chi connectivity index (χ0v) is 20.3. The van der Waals surface area contributed by atoms with Crippen molar-refractivity contribution in [2.75, 3.05) is 20.7 Å². The van der Waals surface area contributed by atoms with Crippen LogP contribution in [0, 0.1) is 11.8 Å². The monoisotopic (exact) mass is 505 g/mol. The van der Waals surface area contributed by atoms with Crippen LogP contribution in [0.1, 0.15) is 51.4 Å². The second-order valence-corrected chi connectivity index (χ2v) is 9.00. The summed E-state index contributed by atoms with van der Waals surface area (Å²) in [4.78, 5) is 18.8. The molecule has 8 nitrogen and oxygen atoms in total. The summed E-state index contributed by atoms with van der Waals surface area (Å²) in [6.45, 7) is -2.64. The van der Waals surface area contributed by atoms with Gasteiger partial charge in [0.1, 0.15) is 11.6 Å². The largest absolute Gasteiger partial charge is 0.434 e. The second kappa shape index (κ2) is 10.1. The topological polar surface area (TPSA) is 85.4 Å². The van der Waals surface area contributed by atoms with Gasteiger partial charge in [-0.15, -0.1) is 0 Å². The molecular formula is C27H25F2N5O3. The van der Waals surface area contributed by atoms with E-state index in [0.717, 1.165) is 22.4 Å². The highest BCUT2D eigenvalue weighted by atomic mass is 19.3. The van der Waals surface area contributed by atoms with Gasteiger partial charge < -0.3 is 14.4 Å². The van der Waals surface area contributed by atoms with Crippen molar-refractivity contribution in [3.05, 3.63) is 76.9 Å². The Morgan fingerprint density at radius 1 is 1.24 bits per heavy atom. The molecule has 1 aliphatic rings. The van der Waals surface area contributed by atoms with Gasteiger partial charge in [-0.3, -0.25) is 14.4 Å². The molecule has 2 atom stereocenters. The molecule has 2 aromatic heterocycles. The van der Waals surface area contributed by atoms with Crippen LogP contribution in [0.3, 0.4) is 0 Å². The van der Waals surface area contributed by atoms with Gasteiger partial charge in [0, 0.05) is 22.9 Å². The van der Waals surface area contributed by atoms with Crippen molar-refractivity contribution >= 4 is 17.3 Å². The number of carbonyl (C=O) groups is 1. The van der Waals surface area contributed by atoms with Gasteiger partial charge in [0.15, 0.2) is 6.29 Å². The molecule has 1 N–H and O–H groups in total. The molecule has 37 heavy (non-hydrogen) atoms. The number of aliphatic hydroxyl groups excluding tert-OH is 1. The van der Waals surface area contributed by atoms with Crippen molar-refractivity contribution < 1.29 is 23.4 Å². The Kier molecular flexibility index (Phi) is 6.74. The Hall–Kier alpha value is -4.07. The number of rotatable bonds is 7. The van der Waals surface area contributed by atoms with Gasteiger partial charge in [0.25, 0.3) is 0 Å². The molecule has 0 spiro atoms. The summed E-state index contributed by atoms with van der Waals surface area (Å²) < 4.78 is 35.0. The molecule has 2 unspecified atom stereocenters. The van der Waals surface area contributed by atoms with Gasteiger partial charge in [0.05, 0.1) is 48.0 Å². The molecule has 0 radical (unpaired) electrons. The fourth-order valence-corrected chi connectivity index (χ4v) is 4.88. The Bertz CT molecular complexity index is 1520. The Balaban J connectivity index is 1.62. The fourth-order valence-electron chi connectivity index (χ4n) is 4.88. The van der Waals surface area contributed by atoms with Gasteiger partial charge in [-0.1, -0.05) is 24.0 Å². The van der Waals surface area contributed by atoms with E-state index in [9.17, 15) is 13.6 Å². The lowest BCUT2D eigenvalue weighted by Crippen LogP contribution is -2.18. The van der Waals surface area contributed by atoms with Crippen molar-refractivity contribution in [1.82, 2.24) is 24.2 Å². The SMILES string of the molecule is CN(C)C1CC(c2c(C=O)cccc2OC(F)F)n2c1nc1ccc(C#Cc3cnn(CCO)c3)cc12. The van der Waals surface area contributed by atoms with E-state index in [0.29, 0.717) is 35.9 Å². The molecule has 0 amide bonds. The minimum Gasteiger partial charge on any atom is -0.434 e. The van der Waals surface area contributed by atoms with Crippen LogP contribution < -0.4 is 4.74 Å². The molecule has 0 saturated carbocycles. The molecule has 5 rings (SSSR count). The molecule has 2 aromatic carbocycles. The van der Waals surface area contributed by atoms with Crippen LogP contribution in [-0.2, 0) is 6.54 Å². The lowest BCUT2D eigenvalue weighted by Gasteiger charge is -2.22. The van der Waals surface area contributed by atoms with Crippen molar-refractivity contribution in [2.45, 2.75) is 31.7 Å². The first-order chi connectivity index (χ1) is 17.9. The molecular weight excluding hydrogens is 480 g/mol. The smallest absolute Gasteiger partial charge is 0.387 e. The zero-order chi connectivity index (χ0) is 26.1. The summed E-state index contributed by atoms with van der Waals surface area (Å²) in [5.74, 6) is 6.98. The number of benzene rings is 2. The van der Waals surface area contributed by atoms with Crippen LogP contribution in [0.4, 0.5) is 8.78 Å². The zero-order valence-electron chi connectivity index (χ0n) is 20.3. The van der Waals surface area contributed by atoms with E-state index >= 15 is 0 Å². The number of aliphatic hydroxyl groups is 1. The van der Waals surface area contributed by atoms with Crippen LogP contribution in [0.2, 0.25) is 0 Å². The number of imidazole rings is 1. The number of alkyl halides is 2. The molecule has 1 aliphatic heterocycles. The van der Waals surface area contributed by atoms with Gasteiger partial charge in [-0.25, -0.2) is 4.98 Å². The maximum atomic E-state index is 13.3. The average molecular weight is 506 g/mol. The van der Waals surface area contributed by atoms with Gasteiger partial charge in [-0.2, -0.15) is 13.9 Å². The molecule has 3 heterocycles. The quantitative estimate of drug-likeness (QED) is 0.305. The summed E-state index contributed by atoms with van der Waals surface area (Å²) in [5.41, 5.74) is 3.70. The van der Waals surface area contributed by atoms with Crippen LogP contribution >= 0.6 is 0 Å². The first kappa shape index (κ1) is 24.6. The van der Waals surface area contributed by atoms with Crippen molar-refractivity contribution in [1.29, 1.82) is 0 Å². The predicted octanol–water partition coefficient (Wildman–Crippen LogP) is 3.63. The number of hydrogen-bond acceptors (Lipinski definition) is 6. The Morgan fingerprint density at radius 3 is 2.78 bits per heavy atom. The molecule has 0 saturated heterocycles. The number of hydrogen-bond donors (Lipinski definition) is 1. The predicted molar refractivity (Wildman–Crippen MR) is 133 cm³/mol. The van der Waals surface area contributed by atoms with Gasteiger partial charge >= 0.3 is 6.61 Å². The van der Waals surface area contributed by atoms with Crippen LogP contribution in [-0.4, -0.2) is 62.9 Å². The number of carbonyl (C=O) groups excluding carboxylic acids is 1. The highest BCUT2D eigenvalue weighted by molar-refractivity contribution is 5.82. The van der Waals surface area contributed by atoms with E-state index in [1.807, 2.05) is 41.8 Å². The summed E-state index contributed by atoms with van der Waals surface area (Å²) in [6, 6.07) is 9.74. The molecule has 0 aliphatic carbocycles. The lowest BCUT2D eigenvalue weighted by molar-refractivity contribution is -0.0507. The van der Waals surface area contributed by atoms with Gasteiger partial charge in [0.2, 0.25) is 0 Å². The summed E-state index contributed by atoms with van der Waals surface area (Å²) in [7, 11) is 3.87. The average Bonchev–Trinajstić information content (AvgIpc) is 3.57. The third-order valence-corrected chi connectivity index (χ3v) is 6.49. The number of halogens is 2. The number of ether oxygens (including phenoxy) is 1. The number of aldehydes is 1. The van der Waals surface area contributed by atoms with Crippen LogP contribution in [0.15, 0.2) is 48.8 Å². The second-order valence-electron chi connectivity index (χ2n) is 9.00. The van der Waals surface area contributed by atoms with Crippen LogP contribution in [0.5, 0.6) is 5.75 Å². The summed E-state index contributed by atoms with van der Waals surface area (Å²) in [6.07, 6.45) is 4.60. The number of aromatic nitrogens is 4. The molecule has 10 heteroatoms. The highest BCUT2D eigenvalue weighted by Gasteiger charge is 2.38. The maximum absolute atomic E-state index is 13.3. The lowest BCUT2D eigenvalue weighted by atomic mass is 9.96. The normalized spacial score (nSPS) is 16.7. The first-order valence-corrected chi connectivity index (χ1v) is 11.8. The fraction of sp³-hybridized carbons (Fsp3) is 0.296. The van der Waals surface area contributed by atoms with Crippen molar-refractivity contribution in [3.63, 3.8) is 0 Å². The summed E-state index contributed by atoms with van der Waals surface area (Å²) in [5, 5.41) is 13.2. The van der Waals surface area contributed by atoms with Crippen LogP contribution in [0.25, 0.3) is 11.0 Å². The third-order valence-electron chi connectivity index (χ3n) is 6.49. The molecule has 0 bridgehead atoms. The van der Waals surface area contributed by atoms with E-state index in [1.165, 1.54) is 12.1 Å². The van der Waals surface area contributed by atoms with E-state index in [4.69, 9.17) is 14.8 Å². The van der Waals surface area contributed by atoms with E-state index < -0.39 is 12.7 Å². The minimum absolute atomic E-state index is 0.00997. The highest BCUT2D eigenvalue weighted by Crippen LogP contribution is 2.46. The van der Waals surface area contributed by atoms with E-state index in [1.54, 1.807) is 23.1 Å². The molecule has 0 fully saturated rings. The van der Waals surface area contributed by atoms with Crippen molar-refractivity contribution in [3.8, 4) is 17.6 Å². The number of nitrogens with zero attached hydrogens (tertiary/aromatic N) is 5. The van der Waals surface area contributed by atoms with Gasteiger partial charge in [-0.05, 0) is 44.8 Å². The first-order valence-electron chi connectivity index (χ1n) is 11.8. The molecule has 190 valence electrons.